The molecule has 3 N–H and O–H groups in total. The van der Waals surface area contributed by atoms with Gasteiger partial charge in [0.2, 0.25) is 0 Å². The summed E-state index contributed by atoms with van der Waals surface area (Å²) in [7, 11) is 1.60. The van der Waals surface area contributed by atoms with Gasteiger partial charge in [-0.05, 0) is 25.5 Å². The fraction of sp³-hybridized carbons (Fsp3) is 0.500. The number of ether oxygens (including phenoxy) is 1. The standard InChI is InChI=1S/C14H19ClN2O3/c1-7-11(15)4-10(8(2)16)13(20-3)12(7)9-5-17(6-9)14(18)19/h4,8-9H,5-6,16H2,1-3H3,(H,18,19). The number of methoxy groups -OCH3 is 1. The van der Waals surface area contributed by atoms with Gasteiger partial charge in [0.15, 0.2) is 0 Å². The summed E-state index contributed by atoms with van der Waals surface area (Å²) in [4.78, 5) is 12.3. The highest BCUT2D eigenvalue weighted by Gasteiger charge is 2.35. The van der Waals surface area contributed by atoms with Crippen molar-refractivity contribution in [3.05, 3.63) is 27.8 Å². The van der Waals surface area contributed by atoms with E-state index in [-0.39, 0.29) is 12.0 Å². The van der Waals surface area contributed by atoms with E-state index in [1.165, 1.54) is 4.90 Å². The zero-order valence-corrected chi connectivity index (χ0v) is 12.6. The van der Waals surface area contributed by atoms with Gasteiger partial charge in [0.25, 0.3) is 0 Å². The number of hydrogen-bond donors (Lipinski definition) is 2. The molecular weight excluding hydrogens is 280 g/mol. The SMILES string of the molecule is COc1c(C(C)N)cc(Cl)c(C)c1C1CN(C(=O)O)C1. The van der Waals surface area contributed by atoms with Crippen molar-refractivity contribution in [2.75, 3.05) is 20.2 Å². The average Bonchev–Trinajstić information content (AvgIpc) is 2.31. The van der Waals surface area contributed by atoms with Gasteiger partial charge in [0.05, 0.1) is 7.11 Å². The van der Waals surface area contributed by atoms with Gasteiger partial charge < -0.3 is 20.5 Å². The maximum Gasteiger partial charge on any atom is 0.407 e. The molecule has 1 saturated heterocycles. The molecule has 1 heterocycles. The monoisotopic (exact) mass is 298 g/mol. The van der Waals surface area contributed by atoms with Gasteiger partial charge in [-0.1, -0.05) is 11.6 Å². The van der Waals surface area contributed by atoms with Crippen molar-refractivity contribution in [2.45, 2.75) is 25.8 Å². The number of halogens is 1. The smallest absolute Gasteiger partial charge is 0.407 e. The van der Waals surface area contributed by atoms with Gasteiger partial charge in [-0.25, -0.2) is 4.79 Å². The molecule has 1 fully saturated rings. The van der Waals surface area contributed by atoms with Crippen LogP contribution in [0.1, 0.15) is 35.6 Å². The van der Waals surface area contributed by atoms with Crippen molar-refractivity contribution < 1.29 is 14.6 Å². The molecule has 1 atom stereocenters. The Bertz CT molecular complexity index is 540. The van der Waals surface area contributed by atoms with Gasteiger partial charge in [-0.15, -0.1) is 0 Å². The molecule has 110 valence electrons. The van der Waals surface area contributed by atoms with Crippen LogP contribution in [0.4, 0.5) is 4.79 Å². The lowest BCUT2D eigenvalue weighted by Crippen LogP contribution is -2.48. The second-order valence-electron chi connectivity index (χ2n) is 5.19. The zero-order chi connectivity index (χ0) is 15.0. The minimum atomic E-state index is -0.896. The first-order valence-corrected chi connectivity index (χ1v) is 6.84. The number of likely N-dealkylation sites (tertiary alicyclic amines) is 1. The Balaban J connectivity index is 2.44. The van der Waals surface area contributed by atoms with E-state index in [0.29, 0.717) is 18.1 Å². The molecule has 1 amide bonds. The van der Waals surface area contributed by atoms with Crippen LogP contribution < -0.4 is 10.5 Å². The molecule has 1 aliphatic rings. The van der Waals surface area contributed by atoms with Crippen LogP contribution in [0.15, 0.2) is 6.07 Å². The molecule has 1 unspecified atom stereocenters. The fourth-order valence-electron chi connectivity index (χ4n) is 2.64. The lowest BCUT2D eigenvalue weighted by atomic mass is 9.85. The van der Waals surface area contributed by atoms with Crippen LogP contribution in [0.2, 0.25) is 5.02 Å². The van der Waals surface area contributed by atoms with Crippen molar-refractivity contribution >= 4 is 17.7 Å². The van der Waals surface area contributed by atoms with E-state index in [1.54, 1.807) is 7.11 Å². The number of nitrogens with two attached hydrogens (primary N) is 1. The van der Waals surface area contributed by atoms with Crippen LogP contribution >= 0.6 is 11.6 Å². The van der Waals surface area contributed by atoms with E-state index >= 15 is 0 Å². The number of carboxylic acid groups (broad SMARTS) is 1. The zero-order valence-electron chi connectivity index (χ0n) is 11.8. The Morgan fingerprint density at radius 2 is 2.20 bits per heavy atom. The van der Waals surface area contributed by atoms with E-state index < -0.39 is 6.09 Å². The summed E-state index contributed by atoms with van der Waals surface area (Å²) < 4.78 is 5.52. The molecule has 5 nitrogen and oxygen atoms in total. The molecule has 0 saturated carbocycles. The molecule has 0 radical (unpaired) electrons. The third-order valence-corrected chi connectivity index (χ3v) is 4.20. The average molecular weight is 299 g/mol. The third-order valence-electron chi connectivity index (χ3n) is 3.81. The normalized spacial score (nSPS) is 16.8. The first kappa shape index (κ1) is 14.9. The van der Waals surface area contributed by atoms with Gasteiger partial charge in [0, 0.05) is 41.2 Å². The van der Waals surface area contributed by atoms with Crippen LogP contribution in [0.5, 0.6) is 5.75 Å². The van der Waals surface area contributed by atoms with E-state index in [1.807, 2.05) is 19.9 Å². The highest BCUT2D eigenvalue weighted by molar-refractivity contribution is 6.31. The molecule has 0 aliphatic carbocycles. The van der Waals surface area contributed by atoms with Crippen LogP contribution in [-0.4, -0.2) is 36.3 Å². The Hall–Kier alpha value is -1.46. The Labute approximate surface area is 123 Å². The highest BCUT2D eigenvalue weighted by atomic mass is 35.5. The first-order chi connectivity index (χ1) is 9.36. The Morgan fingerprint density at radius 3 is 2.65 bits per heavy atom. The van der Waals surface area contributed by atoms with Crippen molar-refractivity contribution in [2.24, 2.45) is 5.73 Å². The van der Waals surface area contributed by atoms with Crippen molar-refractivity contribution in [3.63, 3.8) is 0 Å². The number of nitrogens with zero attached hydrogens (tertiary/aromatic N) is 1. The minimum absolute atomic E-state index is 0.109. The Kier molecular flexibility index (Phi) is 4.11. The topological polar surface area (TPSA) is 75.8 Å². The van der Waals surface area contributed by atoms with Gasteiger partial charge >= 0.3 is 6.09 Å². The van der Waals surface area contributed by atoms with E-state index in [0.717, 1.165) is 22.4 Å². The minimum Gasteiger partial charge on any atom is -0.496 e. The highest BCUT2D eigenvalue weighted by Crippen LogP contribution is 2.42. The number of carbonyl (C=O) groups is 1. The molecule has 1 aromatic carbocycles. The predicted molar refractivity (Wildman–Crippen MR) is 77.7 cm³/mol. The van der Waals surface area contributed by atoms with Crippen LogP contribution in [0.25, 0.3) is 0 Å². The maximum atomic E-state index is 10.9. The van der Waals surface area contributed by atoms with Gasteiger partial charge in [-0.3, -0.25) is 0 Å². The molecule has 6 heteroatoms. The summed E-state index contributed by atoms with van der Waals surface area (Å²) in [6.07, 6.45) is -0.896. The summed E-state index contributed by atoms with van der Waals surface area (Å²) in [6.45, 7) is 4.72. The number of rotatable bonds is 3. The summed E-state index contributed by atoms with van der Waals surface area (Å²) in [5, 5.41) is 9.58. The molecule has 1 aromatic rings. The lowest BCUT2D eigenvalue weighted by molar-refractivity contribution is 0.104. The van der Waals surface area contributed by atoms with Crippen molar-refractivity contribution in [1.29, 1.82) is 0 Å². The van der Waals surface area contributed by atoms with Crippen molar-refractivity contribution in [3.8, 4) is 5.75 Å². The fourth-order valence-corrected chi connectivity index (χ4v) is 2.86. The third kappa shape index (κ3) is 2.43. The summed E-state index contributed by atoms with van der Waals surface area (Å²) in [5.41, 5.74) is 8.73. The van der Waals surface area contributed by atoms with Crippen molar-refractivity contribution in [1.82, 2.24) is 4.90 Å². The molecule has 0 spiro atoms. The predicted octanol–water partition coefficient (Wildman–Crippen LogP) is 2.75. The molecule has 0 bridgehead atoms. The molecule has 20 heavy (non-hydrogen) atoms. The maximum absolute atomic E-state index is 10.9. The first-order valence-electron chi connectivity index (χ1n) is 6.47. The summed E-state index contributed by atoms with van der Waals surface area (Å²) in [6, 6.07) is 1.63. The van der Waals surface area contributed by atoms with Gasteiger partial charge in [-0.2, -0.15) is 0 Å². The summed E-state index contributed by atoms with van der Waals surface area (Å²) >= 11 is 6.28. The van der Waals surface area contributed by atoms with Crippen LogP contribution in [0.3, 0.4) is 0 Å². The number of benzene rings is 1. The van der Waals surface area contributed by atoms with Crippen LogP contribution in [0, 0.1) is 6.92 Å². The van der Waals surface area contributed by atoms with Crippen LogP contribution in [-0.2, 0) is 0 Å². The Morgan fingerprint density at radius 1 is 1.60 bits per heavy atom. The quantitative estimate of drug-likeness (QED) is 0.899. The molecule has 1 aliphatic heterocycles. The van der Waals surface area contributed by atoms with E-state index in [4.69, 9.17) is 27.2 Å². The largest absolute Gasteiger partial charge is 0.496 e. The molecule has 2 rings (SSSR count). The summed E-state index contributed by atoms with van der Waals surface area (Å²) in [5.74, 6) is 0.842. The number of hydrogen-bond acceptors (Lipinski definition) is 3. The second-order valence-corrected chi connectivity index (χ2v) is 5.60. The molecule has 0 aromatic heterocycles. The second kappa shape index (κ2) is 5.50. The lowest BCUT2D eigenvalue weighted by Gasteiger charge is -2.39. The number of amides is 1. The van der Waals surface area contributed by atoms with Gasteiger partial charge in [0.1, 0.15) is 5.75 Å². The van der Waals surface area contributed by atoms with E-state index in [2.05, 4.69) is 0 Å². The van der Waals surface area contributed by atoms with E-state index in [9.17, 15) is 4.79 Å². The molecular formula is C14H19ClN2O3.